The van der Waals surface area contributed by atoms with Crippen LogP contribution in [0.4, 0.5) is 23.2 Å². The summed E-state index contributed by atoms with van der Waals surface area (Å²) in [5.74, 6) is -3.32. The number of nitrogens with zero attached hydrogens (tertiary/aromatic N) is 2. The van der Waals surface area contributed by atoms with Crippen LogP contribution in [-0.2, 0) is 5.92 Å². The zero-order valence-electron chi connectivity index (χ0n) is 24.1. The van der Waals surface area contributed by atoms with Crippen LogP contribution in [-0.4, -0.2) is 30.4 Å². The molecule has 0 radical (unpaired) electrons. The monoisotopic (exact) mass is 564 g/mol. The fourth-order valence-corrected chi connectivity index (χ4v) is 5.41. The Balaban J connectivity index is 1.52. The molecule has 1 saturated heterocycles. The fourth-order valence-electron chi connectivity index (χ4n) is 5.41. The summed E-state index contributed by atoms with van der Waals surface area (Å²) in [6.07, 6.45) is 4.30. The number of amides is 1. The summed E-state index contributed by atoms with van der Waals surface area (Å²) in [6, 6.07) is 18.8. The molecule has 0 unspecified atom stereocenters. The van der Waals surface area contributed by atoms with Crippen LogP contribution in [0.25, 0.3) is 5.57 Å². The lowest BCUT2D eigenvalue weighted by molar-refractivity contribution is 0.0174. The topological polar surface area (TPSA) is 23.6 Å². The average Bonchev–Trinajstić information content (AvgIpc) is 2.90. The van der Waals surface area contributed by atoms with Crippen molar-refractivity contribution in [3.05, 3.63) is 118 Å². The van der Waals surface area contributed by atoms with Crippen LogP contribution in [0.1, 0.15) is 65.4 Å². The molecular formula is C34H36F4N2O. The summed E-state index contributed by atoms with van der Waals surface area (Å²) in [4.78, 5) is 16.1. The Morgan fingerprint density at radius 2 is 1.71 bits per heavy atom. The van der Waals surface area contributed by atoms with Crippen LogP contribution in [0.15, 0.2) is 84.6 Å². The number of carbonyl (C=O) groups excluding carboxylic acids is 1. The molecule has 4 rings (SSSR count). The number of allylic oxidation sites excluding steroid dienone is 2. The summed E-state index contributed by atoms with van der Waals surface area (Å²) in [5.41, 5.74) is 5.35. The van der Waals surface area contributed by atoms with Crippen LogP contribution in [0.5, 0.6) is 0 Å². The number of alkyl halides is 4. The van der Waals surface area contributed by atoms with E-state index in [-0.39, 0.29) is 17.4 Å². The molecule has 1 aliphatic rings. The standard InChI is InChI=1S/C34H36F4N2O/c1-6-11-31(40(33(35)36)30-15-9-8-12-22(30)3)26-20-39(21-26)32(41)25-16-17-29(23(4)18-25)28(7-2)24-13-10-14-27(19-24)34(5,37)38/h7-19,26,33H,6,20-21H2,1-5H3/b28-7-,31-11+. The molecule has 0 bridgehead atoms. The van der Waals surface area contributed by atoms with Gasteiger partial charge in [0.2, 0.25) is 0 Å². The minimum atomic E-state index is -2.95. The molecule has 0 atom stereocenters. The molecule has 3 nitrogen and oxygen atoms in total. The quantitative estimate of drug-likeness (QED) is 0.191. The maximum atomic E-state index is 14.3. The van der Waals surface area contributed by atoms with Gasteiger partial charge in [-0.2, -0.15) is 8.78 Å². The highest BCUT2D eigenvalue weighted by molar-refractivity contribution is 5.96. The lowest BCUT2D eigenvalue weighted by Crippen LogP contribution is -2.53. The number of hydrogen-bond donors (Lipinski definition) is 0. The first-order valence-electron chi connectivity index (χ1n) is 13.8. The highest BCUT2D eigenvalue weighted by Crippen LogP contribution is 2.36. The zero-order chi connectivity index (χ0) is 29.9. The van der Waals surface area contributed by atoms with E-state index >= 15 is 0 Å². The Morgan fingerprint density at radius 3 is 2.29 bits per heavy atom. The first-order chi connectivity index (χ1) is 19.5. The van der Waals surface area contributed by atoms with Crippen molar-refractivity contribution in [2.75, 3.05) is 18.0 Å². The molecular weight excluding hydrogens is 528 g/mol. The molecule has 3 aromatic rings. The number of aryl methyl sites for hydroxylation is 2. The van der Waals surface area contributed by atoms with Gasteiger partial charge in [-0.15, -0.1) is 0 Å². The number of anilines is 1. The molecule has 0 spiro atoms. The van der Waals surface area contributed by atoms with E-state index in [2.05, 4.69) is 0 Å². The second-order valence-corrected chi connectivity index (χ2v) is 10.6. The van der Waals surface area contributed by atoms with Gasteiger partial charge in [0.05, 0.1) is 0 Å². The number of rotatable bonds is 9. The van der Waals surface area contributed by atoms with Crippen LogP contribution in [0.2, 0.25) is 0 Å². The zero-order valence-corrected chi connectivity index (χ0v) is 24.1. The Kier molecular flexibility index (Phi) is 9.05. The summed E-state index contributed by atoms with van der Waals surface area (Å²) in [6.45, 7) is 6.32. The van der Waals surface area contributed by atoms with Crippen LogP contribution >= 0.6 is 0 Å². The smallest absolute Gasteiger partial charge is 0.319 e. The van der Waals surface area contributed by atoms with Gasteiger partial charge >= 0.3 is 6.55 Å². The van der Waals surface area contributed by atoms with Gasteiger partial charge in [-0.1, -0.05) is 61.5 Å². The summed E-state index contributed by atoms with van der Waals surface area (Å²) < 4.78 is 56.5. The average molecular weight is 565 g/mol. The molecule has 1 heterocycles. The van der Waals surface area contributed by atoms with Crippen LogP contribution < -0.4 is 4.90 Å². The summed E-state index contributed by atoms with van der Waals surface area (Å²) >= 11 is 0. The van der Waals surface area contributed by atoms with Gasteiger partial charge < -0.3 is 4.90 Å². The third-order valence-corrected chi connectivity index (χ3v) is 7.58. The largest absolute Gasteiger partial charge is 0.337 e. The Hall–Kier alpha value is -3.87. The van der Waals surface area contributed by atoms with Gasteiger partial charge in [-0.25, -0.2) is 8.78 Å². The molecule has 216 valence electrons. The van der Waals surface area contributed by atoms with E-state index in [1.54, 1.807) is 41.3 Å². The number of likely N-dealkylation sites (tertiary alicyclic amines) is 1. The Bertz CT molecular complexity index is 1470. The maximum Gasteiger partial charge on any atom is 0.319 e. The highest BCUT2D eigenvalue weighted by atomic mass is 19.3. The van der Waals surface area contributed by atoms with Crippen molar-refractivity contribution in [2.24, 2.45) is 5.92 Å². The first-order valence-corrected chi connectivity index (χ1v) is 13.8. The van der Waals surface area contributed by atoms with Gasteiger partial charge in [0, 0.05) is 48.4 Å². The summed E-state index contributed by atoms with van der Waals surface area (Å²) in [5, 5.41) is 0. The number of benzene rings is 3. The normalized spacial score (nSPS) is 14.8. The second-order valence-electron chi connectivity index (χ2n) is 10.6. The van der Waals surface area contributed by atoms with Crippen molar-refractivity contribution >= 4 is 17.2 Å². The number of halogens is 4. The molecule has 1 aliphatic heterocycles. The second kappa shape index (κ2) is 12.3. The molecule has 0 aromatic heterocycles. The van der Waals surface area contributed by atoms with Gasteiger partial charge in [0.25, 0.3) is 11.8 Å². The molecule has 3 aromatic carbocycles. The highest BCUT2D eigenvalue weighted by Gasteiger charge is 2.38. The third kappa shape index (κ3) is 6.39. The van der Waals surface area contributed by atoms with E-state index < -0.39 is 12.5 Å². The van der Waals surface area contributed by atoms with Gasteiger partial charge in [-0.3, -0.25) is 9.69 Å². The van der Waals surface area contributed by atoms with E-state index in [4.69, 9.17) is 0 Å². The molecule has 41 heavy (non-hydrogen) atoms. The molecule has 0 N–H and O–H groups in total. The Labute approximate surface area is 239 Å². The van der Waals surface area contributed by atoms with Gasteiger partial charge in [0.1, 0.15) is 0 Å². The minimum absolute atomic E-state index is 0.0598. The molecule has 1 amide bonds. The van der Waals surface area contributed by atoms with E-state index in [1.165, 1.54) is 12.1 Å². The van der Waals surface area contributed by atoms with E-state index in [0.29, 0.717) is 42.0 Å². The lowest BCUT2D eigenvalue weighted by Gasteiger charge is -2.44. The van der Waals surface area contributed by atoms with Crippen molar-refractivity contribution in [2.45, 2.75) is 53.5 Å². The van der Waals surface area contributed by atoms with E-state index in [0.717, 1.165) is 34.1 Å². The van der Waals surface area contributed by atoms with E-state index in [9.17, 15) is 22.4 Å². The summed E-state index contributed by atoms with van der Waals surface area (Å²) in [7, 11) is 0. The van der Waals surface area contributed by atoms with Crippen LogP contribution in [0.3, 0.4) is 0 Å². The Morgan fingerprint density at radius 1 is 1.00 bits per heavy atom. The predicted molar refractivity (Wildman–Crippen MR) is 157 cm³/mol. The minimum Gasteiger partial charge on any atom is -0.337 e. The fraction of sp³-hybridized carbons (Fsp3) is 0.324. The number of para-hydroxylation sites is 1. The maximum absolute atomic E-state index is 14.3. The van der Waals surface area contributed by atoms with Gasteiger partial charge in [0.15, 0.2) is 0 Å². The van der Waals surface area contributed by atoms with Crippen molar-refractivity contribution in [3.8, 4) is 0 Å². The van der Waals surface area contributed by atoms with Crippen molar-refractivity contribution < 1.29 is 22.4 Å². The lowest BCUT2D eigenvalue weighted by atomic mass is 9.90. The van der Waals surface area contributed by atoms with Crippen LogP contribution in [0, 0.1) is 19.8 Å². The molecule has 7 heteroatoms. The van der Waals surface area contributed by atoms with Crippen molar-refractivity contribution in [1.29, 1.82) is 0 Å². The number of hydrogen-bond acceptors (Lipinski definition) is 2. The van der Waals surface area contributed by atoms with Gasteiger partial charge in [-0.05, 0) is 79.3 Å². The van der Waals surface area contributed by atoms with E-state index in [1.807, 2.05) is 58.0 Å². The molecule has 1 fully saturated rings. The van der Waals surface area contributed by atoms with Crippen molar-refractivity contribution in [1.82, 2.24) is 4.90 Å². The predicted octanol–water partition coefficient (Wildman–Crippen LogP) is 8.96. The SMILES string of the molecule is C/C=C(/c1cccc(C(C)(F)F)c1)c1ccc(C(=O)N2CC(/C(=C\CC)N(c3ccccc3C)C(F)F)C2)cc1C. The third-order valence-electron chi connectivity index (χ3n) is 7.58. The first kappa shape index (κ1) is 30.1. The van der Waals surface area contributed by atoms with Crippen molar-refractivity contribution in [3.63, 3.8) is 0 Å². The number of carbonyl (C=O) groups is 1. The molecule has 0 saturated carbocycles. The molecule has 0 aliphatic carbocycles.